The second-order valence-corrected chi connectivity index (χ2v) is 8.87. The van der Waals surface area contributed by atoms with E-state index in [0.29, 0.717) is 12.7 Å². The number of esters is 2. The Morgan fingerprint density at radius 1 is 0.750 bits per heavy atom. The Hall–Kier alpha value is -1.88. The van der Waals surface area contributed by atoms with Crippen LogP contribution in [0.5, 0.6) is 0 Å². The maximum absolute atomic E-state index is 12.2. The molecule has 0 aromatic heterocycles. The lowest BCUT2D eigenvalue weighted by atomic mass is 10.0. The summed E-state index contributed by atoms with van der Waals surface area (Å²) in [5, 5.41) is 0. The first-order valence-corrected chi connectivity index (χ1v) is 12.7. The highest BCUT2D eigenvalue weighted by Gasteiger charge is 2.20. The van der Waals surface area contributed by atoms with E-state index in [-0.39, 0.29) is 11.1 Å². The third kappa shape index (κ3) is 11.7. The van der Waals surface area contributed by atoms with Crippen molar-refractivity contribution in [2.24, 2.45) is 0 Å². The first-order chi connectivity index (χ1) is 15.7. The van der Waals surface area contributed by atoms with Crippen LogP contribution in [-0.4, -0.2) is 38.4 Å². The summed E-state index contributed by atoms with van der Waals surface area (Å²) in [6.07, 6.45) is 19.9. The summed E-state index contributed by atoms with van der Waals surface area (Å²) in [7, 11) is 1.31. The van der Waals surface area contributed by atoms with Crippen LogP contribution in [0.3, 0.4) is 0 Å². The quantitative estimate of drug-likeness (QED) is 0.132. The predicted octanol–water partition coefficient (Wildman–Crippen LogP) is 6.88. The molecule has 0 aliphatic carbocycles. The highest BCUT2D eigenvalue weighted by molar-refractivity contribution is 6.03. The van der Waals surface area contributed by atoms with Crippen molar-refractivity contribution in [3.05, 3.63) is 35.4 Å². The van der Waals surface area contributed by atoms with Gasteiger partial charge < -0.3 is 14.2 Å². The Kier molecular flexibility index (Phi) is 13.8. The van der Waals surface area contributed by atoms with Crippen LogP contribution in [-0.2, 0) is 14.2 Å². The molecule has 1 aliphatic rings. The van der Waals surface area contributed by atoms with Crippen molar-refractivity contribution in [1.29, 1.82) is 0 Å². The van der Waals surface area contributed by atoms with Gasteiger partial charge in [-0.25, -0.2) is 9.59 Å². The van der Waals surface area contributed by atoms with E-state index >= 15 is 0 Å². The highest BCUT2D eigenvalue weighted by atomic mass is 16.6. The molecule has 0 radical (unpaired) electrons. The minimum absolute atomic E-state index is 0.249. The molecule has 1 unspecified atom stereocenters. The zero-order valence-electron chi connectivity index (χ0n) is 19.9. The molecule has 1 fully saturated rings. The fourth-order valence-corrected chi connectivity index (χ4v) is 4.02. The summed E-state index contributed by atoms with van der Waals surface area (Å²) in [5.41, 5.74) is 0.516. The van der Waals surface area contributed by atoms with Gasteiger partial charge in [-0.2, -0.15) is 0 Å². The average Bonchev–Trinajstić information content (AvgIpc) is 3.64. The predicted molar refractivity (Wildman–Crippen MR) is 127 cm³/mol. The molecule has 1 aromatic rings. The maximum atomic E-state index is 12.2. The second kappa shape index (κ2) is 16.7. The van der Waals surface area contributed by atoms with Crippen LogP contribution >= 0.6 is 0 Å². The number of unbranched alkanes of at least 4 members (excludes halogenated alkanes) is 13. The molecular formula is C27H42O5. The standard InChI is InChI=1S/C27H42O5/c1-30-26(28)24-19-15-16-20-25(24)27(29)31-21-17-13-11-9-7-5-3-2-4-6-8-10-12-14-18-23-22-32-23/h15-16,19-20,23H,2-14,17-18,21-22H2,1H3. The van der Waals surface area contributed by atoms with Gasteiger partial charge in [0, 0.05) is 0 Å². The highest BCUT2D eigenvalue weighted by Crippen LogP contribution is 2.18. The summed E-state index contributed by atoms with van der Waals surface area (Å²) in [4.78, 5) is 24.0. The number of rotatable bonds is 19. The van der Waals surface area contributed by atoms with Gasteiger partial charge in [-0.15, -0.1) is 0 Å². The van der Waals surface area contributed by atoms with Gasteiger partial charge in [0.15, 0.2) is 0 Å². The first kappa shape index (κ1) is 26.4. The van der Waals surface area contributed by atoms with Crippen molar-refractivity contribution in [3.8, 4) is 0 Å². The smallest absolute Gasteiger partial charge is 0.339 e. The molecule has 0 bridgehead atoms. The Balaban J connectivity index is 1.34. The Morgan fingerprint density at radius 2 is 1.19 bits per heavy atom. The lowest BCUT2D eigenvalue weighted by molar-refractivity contribution is 0.0480. The van der Waals surface area contributed by atoms with Gasteiger partial charge in [0.25, 0.3) is 0 Å². The molecule has 0 saturated carbocycles. The van der Waals surface area contributed by atoms with Gasteiger partial charge in [0.05, 0.1) is 37.6 Å². The number of hydrogen-bond acceptors (Lipinski definition) is 5. The van der Waals surface area contributed by atoms with Crippen molar-refractivity contribution < 1.29 is 23.8 Å². The SMILES string of the molecule is COC(=O)c1ccccc1C(=O)OCCCCCCCCCCCCCCCCC1CO1. The Morgan fingerprint density at radius 3 is 1.66 bits per heavy atom. The molecule has 1 atom stereocenters. The van der Waals surface area contributed by atoms with E-state index in [2.05, 4.69) is 0 Å². The summed E-state index contributed by atoms with van der Waals surface area (Å²) < 4.78 is 15.3. The summed E-state index contributed by atoms with van der Waals surface area (Å²) in [6.45, 7) is 1.40. The molecule has 180 valence electrons. The largest absolute Gasteiger partial charge is 0.465 e. The number of ether oxygens (including phenoxy) is 3. The summed E-state index contributed by atoms with van der Waals surface area (Å²) >= 11 is 0. The van der Waals surface area contributed by atoms with Crippen LogP contribution < -0.4 is 0 Å². The number of carbonyl (C=O) groups is 2. The van der Waals surface area contributed by atoms with E-state index < -0.39 is 11.9 Å². The van der Waals surface area contributed by atoms with Crippen LogP contribution in [0.15, 0.2) is 24.3 Å². The van der Waals surface area contributed by atoms with Crippen LogP contribution in [0.4, 0.5) is 0 Å². The molecule has 32 heavy (non-hydrogen) atoms. The van der Waals surface area contributed by atoms with E-state index in [9.17, 15) is 9.59 Å². The molecule has 1 aromatic carbocycles. The summed E-state index contributed by atoms with van der Waals surface area (Å²) in [5.74, 6) is -0.980. The van der Waals surface area contributed by atoms with Crippen molar-refractivity contribution >= 4 is 11.9 Å². The van der Waals surface area contributed by atoms with Crippen molar-refractivity contribution in [3.63, 3.8) is 0 Å². The van der Waals surface area contributed by atoms with Crippen LogP contribution in [0.2, 0.25) is 0 Å². The monoisotopic (exact) mass is 446 g/mol. The molecule has 0 amide bonds. The zero-order valence-corrected chi connectivity index (χ0v) is 19.9. The molecule has 2 rings (SSSR count). The lowest BCUT2D eigenvalue weighted by Crippen LogP contribution is -2.13. The van der Waals surface area contributed by atoms with E-state index in [1.807, 2.05) is 0 Å². The van der Waals surface area contributed by atoms with Gasteiger partial charge in [-0.05, 0) is 25.0 Å². The van der Waals surface area contributed by atoms with E-state index in [1.165, 1.54) is 90.6 Å². The number of benzene rings is 1. The molecule has 0 N–H and O–H groups in total. The van der Waals surface area contributed by atoms with Crippen LogP contribution in [0, 0.1) is 0 Å². The Labute approximate surface area is 194 Å². The zero-order chi connectivity index (χ0) is 22.9. The lowest BCUT2D eigenvalue weighted by Gasteiger charge is -2.08. The normalized spacial score (nSPS) is 14.8. The van der Waals surface area contributed by atoms with Crippen LogP contribution in [0.1, 0.15) is 117 Å². The van der Waals surface area contributed by atoms with E-state index in [4.69, 9.17) is 14.2 Å². The van der Waals surface area contributed by atoms with E-state index in [1.54, 1.807) is 24.3 Å². The maximum Gasteiger partial charge on any atom is 0.339 e. The molecule has 1 aliphatic heterocycles. The Bertz CT molecular complexity index is 653. The number of carbonyl (C=O) groups excluding carboxylic acids is 2. The van der Waals surface area contributed by atoms with Gasteiger partial charge in [0.2, 0.25) is 0 Å². The molecule has 5 heteroatoms. The molecule has 0 spiro atoms. The van der Waals surface area contributed by atoms with Gasteiger partial charge in [0.1, 0.15) is 0 Å². The molecule has 1 saturated heterocycles. The number of methoxy groups -OCH3 is 1. The van der Waals surface area contributed by atoms with Gasteiger partial charge in [-0.1, -0.05) is 95.6 Å². The van der Waals surface area contributed by atoms with Crippen LogP contribution in [0.25, 0.3) is 0 Å². The topological polar surface area (TPSA) is 65.1 Å². The fourth-order valence-electron chi connectivity index (χ4n) is 4.02. The van der Waals surface area contributed by atoms with Crippen molar-refractivity contribution in [2.45, 2.75) is 102 Å². The van der Waals surface area contributed by atoms with Gasteiger partial charge >= 0.3 is 11.9 Å². The first-order valence-electron chi connectivity index (χ1n) is 12.7. The number of epoxide rings is 1. The average molecular weight is 447 g/mol. The molecule has 5 nitrogen and oxygen atoms in total. The minimum atomic E-state index is -0.521. The third-order valence-corrected chi connectivity index (χ3v) is 6.11. The fraction of sp³-hybridized carbons (Fsp3) is 0.704. The summed E-state index contributed by atoms with van der Waals surface area (Å²) in [6, 6.07) is 6.60. The third-order valence-electron chi connectivity index (χ3n) is 6.11. The molecule has 1 heterocycles. The van der Waals surface area contributed by atoms with Crippen molar-refractivity contribution in [1.82, 2.24) is 0 Å². The van der Waals surface area contributed by atoms with Gasteiger partial charge in [-0.3, -0.25) is 0 Å². The second-order valence-electron chi connectivity index (χ2n) is 8.87. The minimum Gasteiger partial charge on any atom is -0.465 e. The number of hydrogen-bond donors (Lipinski definition) is 0. The van der Waals surface area contributed by atoms with Crippen molar-refractivity contribution in [2.75, 3.05) is 20.3 Å². The van der Waals surface area contributed by atoms with E-state index in [0.717, 1.165) is 19.4 Å². The molecular weight excluding hydrogens is 404 g/mol.